The van der Waals surface area contributed by atoms with E-state index in [4.69, 9.17) is 14.7 Å². The van der Waals surface area contributed by atoms with Gasteiger partial charge in [0.1, 0.15) is 12.7 Å². The normalized spacial score (nSPS) is 38.0. The predicted molar refractivity (Wildman–Crippen MR) is 155 cm³/mol. The summed E-state index contributed by atoms with van der Waals surface area (Å²) < 4.78 is 11.2. The molecule has 7 heteroatoms. The van der Waals surface area contributed by atoms with Crippen molar-refractivity contribution in [2.45, 2.75) is 125 Å². The van der Waals surface area contributed by atoms with Crippen molar-refractivity contribution in [1.29, 1.82) is 0 Å². The van der Waals surface area contributed by atoms with Gasteiger partial charge in [0.25, 0.3) is 0 Å². The molecule has 2 N–H and O–H groups in total. The highest BCUT2D eigenvalue weighted by atomic mass is 17.1. The lowest BCUT2D eigenvalue weighted by Gasteiger charge is -2.61. The molecule has 0 aromatic rings. The molecular weight excluding hydrogens is 506 g/mol. The van der Waals surface area contributed by atoms with Gasteiger partial charge in [-0.25, -0.2) is 9.68 Å². The molecule has 4 aliphatic rings. The van der Waals surface area contributed by atoms with Gasteiger partial charge in [0, 0.05) is 0 Å². The summed E-state index contributed by atoms with van der Waals surface area (Å²) >= 11 is 0. The quantitative estimate of drug-likeness (QED) is 0.116. The van der Waals surface area contributed by atoms with Crippen molar-refractivity contribution in [3.63, 3.8) is 0 Å². The first-order chi connectivity index (χ1) is 19.0. The Labute approximate surface area is 242 Å². The second kappa shape index (κ2) is 12.9. The molecule has 0 aromatic heterocycles. The molecule has 4 fully saturated rings. The minimum absolute atomic E-state index is 0.0235. The minimum atomic E-state index is -0.500. The number of hydrogen-bond acceptors (Lipinski definition) is 6. The highest BCUT2D eigenvalue weighted by Crippen LogP contribution is 2.68. The number of carbonyl (C=O) groups excluding carboxylic acids is 2. The van der Waals surface area contributed by atoms with Gasteiger partial charge in [0.05, 0.1) is 18.6 Å². The zero-order valence-electron chi connectivity index (χ0n) is 26.1. The highest BCUT2D eigenvalue weighted by Gasteiger charge is 2.60. The number of fused-ring (bicyclic) bond motifs is 5. The van der Waals surface area contributed by atoms with Crippen molar-refractivity contribution in [2.24, 2.45) is 51.8 Å². The van der Waals surface area contributed by atoms with Crippen molar-refractivity contribution in [2.75, 3.05) is 19.8 Å². The summed E-state index contributed by atoms with van der Waals surface area (Å²) in [5.41, 5.74) is 0.297. The lowest BCUT2D eigenvalue weighted by Crippen LogP contribution is -2.54. The van der Waals surface area contributed by atoms with Gasteiger partial charge in [0.15, 0.2) is 0 Å². The summed E-state index contributed by atoms with van der Waals surface area (Å²) in [6.45, 7) is 14.2. The predicted octanol–water partition coefficient (Wildman–Crippen LogP) is 7.63. The topological polar surface area (TPSA) is 94.1 Å². The van der Waals surface area contributed by atoms with Crippen LogP contribution in [0.25, 0.3) is 0 Å². The molecule has 230 valence electrons. The van der Waals surface area contributed by atoms with Gasteiger partial charge in [-0.15, -0.1) is 0 Å². The molecule has 40 heavy (non-hydrogen) atoms. The number of nitrogens with one attached hydrogen (secondary N) is 1. The third-order valence-corrected chi connectivity index (χ3v) is 12.6. The number of rotatable bonds is 11. The van der Waals surface area contributed by atoms with Gasteiger partial charge in [0.2, 0.25) is 0 Å². The van der Waals surface area contributed by atoms with Crippen LogP contribution in [-0.2, 0) is 19.2 Å². The van der Waals surface area contributed by atoms with E-state index in [0.29, 0.717) is 35.7 Å². The van der Waals surface area contributed by atoms with Crippen molar-refractivity contribution >= 4 is 12.1 Å². The third kappa shape index (κ3) is 6.35. The van der Waals surface area contributed by atoms with Crippen LogP contribution >= 0.6 is 0 Å². The van der Waals surface area contributed by atoms with Crippen molar-refractivity contribution < 1.29 is 29.2 Å². The molecule has 4 rings (SSSR count). The molecule has 7 nitrogen and oxygen atoms in total. The van der Waals surface area contributed by atoms with E-state index in [1.165, 1.54) is 38.5 Å². The molecule has 0 bridgehead atoms. The molecule has 0 saturated heterocycles. The number of ether oxygens (including phenoxy) is 2. The van der Waals surface area contributed by atoms with Gasteiger partial charge < -0.3 is 14.8 Å². The van der Waals surface area contributed by atoms with Gasteiger partial charge in [-0.3, -0.25) is 10.1 Å². The number of alkyl carbamates (subject to hydrolysis) is 1. The van der Waals surface area contributed by atoms with E-state index in [9.17, 15) is 9.59 Å². The first-order valence-electron chi connectivity index (χ1n) is 16.3. The molecule has 0 aliphatic heterocycles. The fourth-order valence-electron chi connectivity index (χ4n) is 9.80. The Balaban J connectivity index is 1.26. The van der Waals surface area contributed by atoms with Crippen LogP contribution in [0.3, 0.4) is 0 Å². The van der Waals surface area contributed by atoms with Crippen LogP contribution in [0.2, 0.25) is 0 Å². The summed E-state index contributed by atoms with van der Waals surface area (Å²) in [5.74, 6) is 4.32. The van der Waals surface area contributed by atoms with Crippen LogP contribution in [-0.4, -0.2) is 43.2 Å². The standard InChI is InChI=1S/C33H57NO6/c1-7-31(3,4)29(35)38-20-18-34-30(36)40-24-14-16-32(5)23(21-24)10-11-25-27-13-12-26(22(2)9-8-19-39-37)33(27,6)17-15-28(25)32/h22-28,37H,7-21H2,1-6H3,(H,34,36). The van der Waals surface area contributed by atoms with Crippen molar-refractivity contribution in [1.82, 2.24) is 5.32 Å². The Hall–Kier alpha value is -1.34. The molecule has 4 saturated carbocycles. The number of hydrogen-bond donors (Lipinski definition) is 2. The average molecular weight is 564 g/mol. The summed E-state index contributed by atoms with van der Waals surface area (Å²) in [4.78, 5) is 29.0. The van der Waals surface area contributed by atoms with E-state index in [2.05, 4.69) is 31.0 Å². The van der Waals surface area contributed by atoms with Gasteiger partial charge >= 0.3 is 12.1 Å². The fourth-order valence-corrected chi connectivity index (χ4v) is 9.80. The molecule has 0 radical (unpaired) electrons. The van der Waals surface area contributed by atoms with Crippen LogP contribution in [0.4, 0.5) is 4.79 Å². The van der Waals surface area contributed by atoms with E-state index < -0.39 is 11.5 Å². The van der Waals surface area contributed by atoms with Crippen LogP contribution in [0.5, 0.6) is 0 Å². The fraction of sp³-hybridized carbons (Fsp3) is 0.939. The lowest BCUT2D eigenvalue weighted by atomic mass is 9.44. The summed E-state index contributed by atoms with van der Waals surface area (Å²) in [5, 5.41) is 11.5. The highest BCUT2D eigenvalue weighted by molar-refractivity contribution is 5.75. The molecule has 4 aliphatic carbocycles. The number of carbonyl (C=O) groups is 2. The molecular formula is C33H57NO6. The van der Waals surface area contributed by atoms with Crippen molar-refractivity contribution in [3.8, 4) is 0 Å². The smallest absolute Gasteiger partial charge is 0.407 e. The van der Waals surface area contributed by atoms with E-state index >= 15 is 0 Å². The Kier molecular flexibility index (Phi) is 10.2. The van der Waals surface area contributed by atoms with E-state index in [0.717, 1.165) is 55.8 Å². The molecule has 9 unspecified atom stereocenters. The Morgan fingerprint density at radius 1 is 1.00 bits per heavy atom. The minimum Gasteiger partial charge on any atom is -0.463 e. The van der Waals surface area contributed by atoms with E-state index in [-0.39, 0.29) is 25.2 Å². The van der Waals surface area contributed by atoms with Crippen LogP contribution in [0.1, 0.15) is 119 Å². The first-order valence-corrected chi connectivity index (χ1v) is 16.3. The lowest BCUT2D eigenvalue weighted by molar-refractivity contribution is -0.243. The Morgan fingerprint density at radius 2 is 1.73 bits per heavy atom. The molecule has 1 amide bonds. The maximum atomic E-state index is 12.5. The summed E-state index contributed by atoms with van der Waals surface area (Å²) in [6.07, 6.45) is 13.4. The van der Waals surface area contributed by atoms with Crippen LogP contribution < -0.4 is 5.32 Å². The Bertz CT molecular complexity index is 877. The second-order valence-electron chi connectivity index (χ2n) is 14.9. The third-order valence-electron chi connectivity index (χ3n) is 12.6. The first kappa shape index (κ1) is 31.6. The monoisotopic (exact) mass is 563 g/mol. The van der Waals surface area contributed by atoms with Gasteiger partial charge in [-0.1, -0.05) is 27.7 Å². The number of esters is 1. The number of amides is 1. The van der Waals surface area contributed by atoms with Crippen molar-refractivity contribution in [3.05, 3.63) is 0 Å². The van der Waals surface area contributed by atoms with Crippen LogP contribution in [0, 0.1) is 51.8 Å². The Morgan fingerprint density at radius 3 is 2.45 bits per heavy atom. The van der Waals surface area contributed by atoms with Gasteiger partial charge in [-0.05, 0) is 137 Å². The zero-order chi connectivity index (χ0) is 29.1. The maximum absolute atomic E-state index is 12.5. The maximum Gasteiger partial charge on any atom is 0.407 e. The average Bonchev–Trinajstić information content (AvgIpc) is 3.28. The molecule has 0 aromatic carbocycles. The summed E-state index contributed by atoms with van der Waals surface area (Å²) in [6, 6.07) is 0. The molecule has 0 heterocycles. The van der Waals surface area contributed by atoms with E-state index in [1.54, 1.807) is 0 Å². The SMILES string of the molecule is CCC(C)(C)C(=O)OCCNC(=O)OC1CCC2(C)C(CCC3C2CCC2(C)C(C(C)CCCOO)CCC32)C1. The molecule has 0 spiro atoms. The largest absolute Gasteiger partial charge is 0.463 e. The van der Waals surface area contributed by atoms with Crippen LogP contribution in [0.15, 0.2) is 0 Å². The zero-order valence-corrected chi connectivity index (χ0v) is 26.1. The second-order valence-corrected chi connectivity index (χ2v) is 14.9. The van der Waals surface area contributed by atoms with E-state index in [1.807, 2.05) is 20.8 Å². The molecule has 9 atom stereocenters. The van der Waals surface area contributed by atoms with Gasteiger partial charge in [-0.2, -0.15) is 0 Å². The summed E-state index contributed by atoms with van der Waals surface area (Å²) in [7, 11) is 0.